The molecule has 1 fully saturated rings. The highest BCUT2D eigenvalue weighted by atomic mass is 32.2. The maximum Gasteiger partial charge on any atom is 0.353 e. The van der Waals surface area contributed by atoms with Crippen LogP contribution in [0, 0.1) is 0 Å². The second kappa shape index (κ2) is 5.20. The van der Waals surface area contributed by atoms with E-state index in [0.717, 1.165) is 10.6 Å². The molecule has 0 spiro atoms. The van der Waals surface area contributed by atoms with Crippen LogP contribution in [0.4, 0.5) is 5.69 Å². The standard InChI is InChI=1S/C14H14N2O3S/c17-11-8-12-16(11)13(14(18)19)10(20-12)6-7-15-9-4-2-1-3-5-9/h1-5,12,15H,6-8H2,(H,18,19)/t12-/m1/s1. The highest BCUT2D eigenvalue weighted by Gasteiger charge is 2.47. The topological polar surface area (TPSA) is 69.6 Å². The van der Waals surface area contributed by atoms with Gasteiger partial charge in [0, 0.05) is 17.1 Å². The van der Waals surface area contributed by atoms with E-state index >= 15 is 0 Å². The minimum atomic E-state index is -1.01. The molecule has 5 nitrogen and oxygen atoms in total. The third kappa shape index (κ3) is 2.27. The predicted molar refractivity (Wildman–Crippen MR) is 77.1 cm³/mol. The number of amides is 1. The molecule has 1 saturated heterocycles. The number of para-hydroxylation sites is 1. The summed E-state index contributed by atoms with van der Waals surface area (Å²) in [6.07, 6.45) is 1.05. The molecular formula is C14H14N2O3S. The lowest BCUT2D eigenvalue weighted by Crippen LogP contribution is -2.48. The normalized spacial score (nSPS) is 20.7. The number of thioether (sulfide) groups is 1. The molecule has 1 aromatic carbocycles. The van der Waals surface area contributed by atoms with E-state index in [4.69, 9.17) is 0 Å². The van der Waals surface area contributed by atoms with Gasteiger partial charge < -0.3 is 10.4 Å². The van der Waals surface area contributed by atoms with Crippen molar-refractivity contribution < 1.29 is 14.7 Å². The number of nitrogens with one attached hydrogen (secondary N) is 1. The molecule has 6 heteroatoms. The third-order valence-electron chi connectivity index (χ3n) is 3.35. The Morgan fingerprint density at radius 2 is 2.15 bits per heavy atom. The lowest BCUT2D eigenvalue weighted by atomic mass is 10.1. The summed E-state index contributed by atoms with van der Waals surface area (Å²) in [4.78, 5) is 25.0. The van der Waals surface area contributed by atoms with Crippen LogP contribution in [0.2, 0.25) is 0 Å². The summed E-state index contributed by atoms with van der Waals surface area (Å²) < 4.78 is 0. The SMILES string of the molecule is O=C(O)C1=C(CCNc2ccccc2)S[C@@H]2CC(=O)N12. The molecule has 0 radical (unpaired) electrons. The number of carboxylic acid groups (broad SMARTS) is 1. The lowest BCUT2D eigenvalue weighted by molar-refractivity contribution is -0.145. The van der Waals surface area contributed by atoms with E-state index < -0.39 is 5.97 Å². The fourth-order valence-electron chi connectivity index (χ4n) is 2.38. The largest absolute Gasteiger partial charge is 0.477 e. The van der Waals surface area contributed by atoms with Crippen molar-refractivity contribution in [2.75, 3.05) is 11.9 Å². The Hall–Kier alpha value is -1.95. The Bertz CT molecular complexity index is 585. The van der Waals surface area contributed by atoms with Gasteiger partial charge in [0.2, 0.25) is 5.91 Å². The quantitative estimate of drug-likeness (QED) is 0.813. The summed E-state index contributed by atoms with van der Waals surface area (Å²) >= 11 is 1.50. The second-order valence-corrected chi connectivity index (χ2v) is 5.93. The monoisotopic (exact) mass is 290 g/mol. The van der Waals surface area contributed by atoms with Gasteiger partial charge in [0.15, 0.2) is 0 Å². The Kier molecular flexibility index (Phi) is 3.40. The molecule has 0 aromatic heterocycles. The Morgan fingerprint density at radius 3 is 2.80 bits per heavy atom. The molecule has 0 aliphatic carbocycles. The van der Waals surface area contributed by atoms with Crippen LogP contribution in [0.3, 0.4) is 0 Å². The number of benzene rings is 1. The minimum Gasteiger partial charge on any atom is -0.477 e. The van der Waals surface area contributed by atoms with Crippen molar-refractivity contribution in [2.24, 2.45) is 0 Å². The number of nitrogens with zero attached hydrogens (tertiary/aromatic N) is 1. The van der Waals surface area contributed by atoms with E-state index in [2.05, 4.69) is 5.32 Å². The smallest absolute Gasteiger partial charge is 0.353 e. The van der Waals surface area contributed by atoms with Gasteiger partial charge in [-0.2, -0.15) is 0 Å². The number of hydrogen-bond donors (Lipinski definition) is 2. The predicted octanol–water partition coefficient (Wildman–Crippen LogP) is 2.09. The van der Waals surface area contributed by atoms with Crippen LogP contribution in [0.1, 0.15) is 12.8 Å². The molecule has 20 heavy (non-hydrogen) atoms. The van der Waals surface area contributed by atoms with Gasteiger partial charge in [0.1, 0.15) is 5.70 Å². The van der Waals surface area contributed by atoms with Crippen molar-refractivity contribution in [2.45, 2.75) is 18.2 Å². The average molecular weight is 290 g/mol. The van der Waals surface area contributed by atoms with E-state index in [-0.39, 0.29) is 17.0 Å². The summed E-state index contributed by atoms with van der Waals surface area (Å²) in [6, 6.07) is 9.76. The molecule has 0 saturated carbocycles. The van der Waals surface area contributed by atoms with E-state index in [0.29, 0.717) is 19.4 Å². The summed E-state index contributed by atoms with van der Waals surface area (Å²) in [5, 5.41) is 12.5. The van der Waals surface area contributed by atoms with E-state index in [1.165, 1.54) is 16.7 Å². The summed E-state index contributed by atoms with van der Waals surface area (Å²) in [7, 11) is 0. The Labute approximate surface area is 120 Å². The van der Waals surface area contributed by atoms with Crippen LogP contribution < -0.4 is 5.32 Å². The Morgan fingerprint density at radius 1 is 1.40 bits per heavy atom. The molecule has 2 N–H and O–H groups in total. The van der Waals surface area contributed by atoms with Crippen molar-refractivity contribution in [1.82, 2.24) is 4.90 Å². The van der Waals surface area contributed by atoms with Crippen molar-refractivity contribution in [3.8, 4) is 0 Å². The zero-order chi connectivity index (χ0) is 14.1. The van der Waals surface area contributed by atoms with Crippen LogP contribution in [0.25, 0.3) is 0 Å². The average Bonchev–Trinajstić information content (AvgIpc) is 2.73. The van der Waals surface area contributed by atoms with Gasteiger partial charge >= 0.3 is 5.97 Å². The minimum absolute atomic E-state index is 0.000301. The van der Waals surface area contributed by atoms with Crippen molar-refractivity contribution in [1.29, 1.82) is 0 Å². The number of hydrogen-bond acceptors (Lipinski definition) is 4. The highest BCUT2D eigenvalue weighted by Crippen LogP contribution is 2.47. The summed E-state index contributed by atoms with van der Waals surface area (Å²) in [5.74, 6) is -1.10. The van der Waals surface area contributed by atoms with Gasteiger partial charge in [-0.05, 0) is 18.6 Å². The number of carbonyl (C=O) groups excluding carboxylic acids is 1. The van der Waals surface area contributed by atoms with Crippen LogP contribution in [-0.4, -0.2) is 33.8 Å². The molecule has 1 atom stereocenters. The number of anilines is 1. The number of carboxylic acids is 1. The van der Waals surface area contributed by atoms with Crippen LogP contribution in [0.5, 0.6) is 0 Å². The van der Waals surface area contributed by atoms with Crippen molar-refractivity contribution in [3.05, 3.63) is 40.9 Å². The van der Waals surface area contributed by atoms with Crippen LogP contribution >= 0.6 is 11.8 Å². The zero-order valence-electron chi connectivity index (χ0n) is 10.7. The van der Waals surface area contributed by atoms with E-state index in [1.54, 1.807) is 0 Å². The van der Waals surface area contributed by atoms with Crippen LogP contribution in [0.15, 0.2) is 40.9 Å². The second-order valence-electron chi connectivity index (χ2n) is 4.66. The first-order valence-electron chi connectivity index (χ1n) is 6.41. The number of carbonyl (C=O) groups is 2. The molecular weight excluding hydrogens is 276 g/mol. The molecule has 3 rings (SSSR count). The maximum absolute atomic E-state index is 11.5. The molecule has 2 heterocycles. The van der Waals surface area contributed by atoms with E-state index in [9.17, 15) is 14.7 Å². The molecule has 1 amide bonds. The fraction of sp³-hybridized carbons (Fsp3) is 0.286. The third-order valence-corrected chi connectivity index (χ3v) is 4.68. The number of aliphatic carboxylic acids is 1. The van der Waals surface area contributed by atoms with Gasteiger partial charge in [-0.3, -0.25) is 9.69 Å². The summed E-state index contributed by atoms with van der Waals surface area (Å²) in [5.41, 5.74) is 1.18. The fourth-order valence-corrected chi connectivity index (χ4v) is 3.78. The molecule has 104 valence electrons. The molecule has 2 aliphatic heterocycles. The lowest BCUT2D eigenvalue weighted by Gasteiger charge is -2.33. The first-order chi connectivity index (χ1) is 9.66. The number of rotatable bonds is 5. The van der Waals surface area contributed by atoms with Gasteiger partial charge in [0.25, 0.3) is 0 Å². The molecule has 1 aromatic rings. The van der Waals surface area contributed by atoms with Crippen molar-refractivity contribution >= 4 is 29.3 Å². The molecule has 0 unspecified atom stereocenters. The number of fused-ring (bicyclic) bond motifs is 1. The first kappa shape index (κ1) is 13.1. The Balaban J connectivity index is 1.65. The van der Waals surface area contributed by atoms with Crippen molar-refractivity contribution in [3.63, 3.8) is 0 Å². The maximum atomic E-state index is 11.5. The van der Waals surface area contributed by atoms with Gasteiger partial charge in [-0.1, -0.05) is 18.2 Å². The molecule has 2 aliphatic rings. The molecule has 0 bridgehead atoms. The van der Waals surface area contributed by atoms with Gasteiger partial charge in [-0.15, -0.1) is 11.8 Å². The van der Waals surface area contributed by atoms with E-state index in [1.807, 2.05) is 30.3 Å². The first-order valence-corrected chi connectivity index (χ1v) is 7.29. The summed E-state index contributed by atoms with van der Waals surface area (Å²) in [6.45, 7) is 0.651. The van der Waals surface area contributed by atoms with Gasteiger partial charge in [0.05, 0.1) is 11.8 Å². The zero-order valence-corrected chi connectivity index (χ0v) is 11.5. The number of β-lactam (4-membered cyclic amide) rings is 1. The highest BCUT2D eigenvalue weighted by molar-refractivity contribution is 8.04. The van der Waals surface area contributed by atoms with Crippen LogP contribution in [-0.2, 0) is 9.59 Å². The van der Waals surface area contributed by atoms with Gasteiger partial charge in [-0.25, -0.2) is 4.79 Å².